The van der Waals surface area contributed by atoms with Crippen LogP contribution in [0.15, 0.2) is 21.1 Å². The minimum atomic E-state index is -0.490. The number of hydrogen-bond acceptors (Lipinski definition) is 5. The zero-order valence-corrected chi connectivity index (χ0v) is 13.2. The Bertz CT molecular complexity index is 493. The molecule has 0 aromatic heterocycles. The van der Waals surface area contributed by atoms with Gasteiger partial charge in [0.2, 0.25) is 0 Å². The Kier molecular flexibility index (Phi) is 6.21. The minimum absolute atomic E-state index is 0.0467. The fraction of sp³-hybridized carbons (Fsp3) is 0.364. The summed E-state index contributed by atoms with van der Waals surface area (Å²) in [5, 5.41) is 22.5. The molecule has 0 amide bonds. The number of nitrogens with one attached hydrogen (secondary N) is 1. The lowest BCUT2D eigenvalue weighted by atomic mass is 10.3. The van der Waals surface area contributed by atoms with Crippen molar-refractivity contribution in [3.63, 3.8) is 0 Å². The first kappa shape index (κ1) is 15.9. The van der Waals surface area contributed by atoms with Gasteiger partial charge in [-0.3, -0.25) is 15.4 Å². The summed E-state index contributed by atoms with van der Waals surface area (Å²) in [4.78, 5) is 10.2. The van der Waals surface area contributed by atoms with Gasteiger partial charge in [0, 0.05) is 12.1 Å². The van der Waals surface area contributed by atoms with Gasteiger partial charge < -0.3 is 4.74 Å². The molecule has 8 heteroatoms. The van der Waals surface area contributed by atoms with Gasteiger partial charge in [-0.25, -0.2) is 0 Å². The third kappa shape index (κ3) is 4.45. The van der Waals surface area contributed by atoms with Crippen LogP contribution >= 0.6 is 31.9 Å². The number of nitriles is 1. The average molecular weight is 393 g/mol. The van der Waals surface area contributed by atoms with Crippen LogP contribution in [0.1, 0.15) is 6.92 Å². The molecule has 0 bridgehead atoms. The van der Waals surface area contributed by atoms with E-state index in [4.69, 9.17) is 10.00 Å². The van der Waals surface area contributed by atoms with E-state index in [1.165, 1.54) is 12.1 Å². The second-order valence-corrected chi connectivity index (χ2v) is 5.25. The van der Waals surface area contributed by atoms with Gasteiger partial charge >= 0.3 is 0 Å². The number of ether oxygens (including phenoxy) is 1. The molecule has 0 radical (unpaired) electrons. The van der Waals surface area contributed by atoms with Crippen LogP contribution in [0.2, 0.25) is 0 Å². The van der Waals surface area contributed by atoms with Gasteiger partial charge in [0.1, 0.15) is 18.4 Å². The number of benzene rings is 1. The Balaban J connectivity index is 2.85. The molecule has 1 atom stereocenters. The van der Waals surface area contributed by atoms with Crippen molar-refractivity contribution in [3.05, 3.63) is 31.2 Å². The summed E-state index contributed by atoms with van der Waals surface area (Å²) < 4.78 is 6.43. The summed E-state index contributed by atoms with van der Waals surface area (Å²) >= 11 is 6.43. The highest BCUT2D eigenvalue weighted by molar-refractivity contribution is 9.11. The normalized spacial score (nSPS) is 11.7. The first-order valence-electron chi connectivity index (χ1n) is 5.38. The van der Waals surface area contributed by atoms with Crippen LogP contribution in [0.25, 0.3) is 0 Å². The van der Waals surface area contributed by atoms with Gasteiger partial charge in [-0.15, -0.1) is 0 Å². The Hall–Kier alpha value is -1.17. The van der Waals surface area contributed by atoms with Crippen molar-refractivity contribution in [1.82, 2.24) is 5.32 Å². The number of halogens is 2. The lowest BCUT2D eigenvalue weighted by Gasteiger charge is -2.13. The highest BCUT2D eigenvalue weighted by Gasteiger charge is 2.16. The molecule has 1 aromatic carbocycles. The fourth-order valence-corrected chi connectivity index (χ4v) is 2.74. The predicted molar refractivity (Wildman–Crippen MR) is 77.1 cm³/mol. The third-order valence-corrected chi connectivity index (χ3v) is 3.37. The van der Waals surface area contributed by atoms with Crippen LogP contribution < -0.4 is 10.1 Å². The quantitative estimate of drug-likeness (QED) is 0.593. The molecule has 0 aliphatic carbocycles. The molecule has 0 saturated carbocycles. The van der Waals surface area contributed by atoms with Crippen LogP contribution in [0.3, 0.4) is 0 Å². The topological polar surface area (TPSA) is 88.2 Å². The Morgan fingerprint density at radius 1 is 1.53 bits per heavy atom. The number of likely N-dealkylation sites (N-methyl/N-ethyl adjacent to an activating group) is 1. The maximum Gasteiger partial charge on any atom is 0.271 e. The van der Waals surface area contributed by atoms with Crippen molar-refractivity contribution in [3.8, 4) is 11.8 Å². The molecule has 1 rings (SSSR count). The second kappa shape index (κ2) is 7.43. The molecule has 6 nitrogen and oxygen atoms in total. The Morgan fingerprint density at radius 3 is 2.53 bits per heavy atom. The molecule has 0 aliphatic heterocycles. The van der Waals surface area contributed by atoms with Crippen molar-refractivity contribution in [1.29, 1.82) is 5.26 Å². The van der Waals surface area contributed by atoms with E-state index in [2.05, 4.69) is 43.2 Å². The van der Waals surface area contributed by atoms with E-state index in [1.54, 1.807) is 0 Å². The molecule has 0 heterocycles. The van der Waals surface area contributed by atoms with Crippen molar-refractivity contribution in [2.45, 2.75) is 13.0 Å². The predicted octanol–water partition coefficient (Wildman–Crippen LogP) is 3.00. The summed E-state index contributed by atoms with van der Waals surface area (Å²) in [7, 11) is 0. The van der Waals surface area contributed by atoms with Gasteiger partial charge in [-0.2, -0.15) is 5.26 Å². The molecule has 102 valence electrons. The molecule has 19 heavy (non-hydrogen) atoms. The van der Waals surface area contributed by atoms with Crippen molar-refractivity contribution < 1.29 is 9.66 Å². The molecule has 0 aliphatic rings. The van der Waals surface area contributed by atoms with Gasteiger partial charge in [0.05, 0.1) is 19.9 Å². The lowest BCUT2D eigenvalue weighted by Crippen LogP contribution is -2.33. The van der Waals surface area contributed by atoms with Gasteiger partial charge in [-0.05, 0) is 38.4 Å². The number of nitro groups is 1. The van der Waals surface area contributed by atoms with Gasteiger partial charge in [0.15, 0.2) is 0 Å². The summed E-state index contributed by atoms with van der Waals surface area (Å²) in [6.45, 7) is 2.70. The largest absolute Gasteiger partial charge is 0.488 e. The molecular formula is C11H11Br2N3O3. The van der Waals surface area contributed by atoms with Crippen LogP contribution in [0.5, 0.6) is 5.75 Å². The molecular weight excluding hydrogens is 382 g/mol. The van der Waals surface area contributed by atoms with E-state index in [0.717, 1.165) is 0 Å². The number of non-ortho nitro benzene ring substituents is 1. The van der Waals surface area contributed by atoms with Gasteiger partial charge in [0.25, 0.3) is 5.69 Å². The summed E-state index contributed by atoms with van der Waals surface area (Å²) in [5.74, 6) is 0.434. The highest BCUT2D eigenvalue weighted by atomic mass is 79.9. The van der Waals surface area contributed by atoms with Crippen molar-refractivity contribution in [2.24, 2.45) is 0 Å². The van der Waals surface area contributed by atoms with Gasteiger partial charge in [-0.1, -0.05) is 6.92 Å². The maximum atomic E-state index is 10.7. The first-order chi connectivity index (χ1) is 8.99. The molecule has 1 unspecified atom stereocenters. The smallest absolute Gasteiger partial charge is 0.271 e. The van der Waals surface area contributed by atoms with Crippen LogP contribution in [-0.2, 0) is 0 Å². The van der Waals surface area contributed by atoms with Crippen molar-refractivity contribution >= 4 is 37.5 Å². The maximum absolute atomic E-state index is 10.7. The number of nitro benzene ring substituents is 1. The average Bonchev–Trinajstić information content (AvgIpc) is 2.36. The zero-order chi connectivity index (χ0) is 14.4. The van der Waals surface area contributed by atoms with E-state index in [-0.39, 0.29) is 12.3 Å². The number of nitrogens with zero attached hydrogens (tertiary/aromatic N) is 2. The van der Waals surface area contributed by atoms with Crippen LogP contribution in [0.4, 0.5) is 5.69 Å². The number of hydrogen-bond donors (Lipinski definition) is 1. The summed E-state index contributed by atoms with van der Waals surface area (Å²) in [6.07, 6.45) is 0. The molecule has 0 fully saturated rings. The summed E-state index contributed by atoms with van der Waals surface area (Å²) in [6, 6.07) is 4.35. The third-order valence-electron chi connectivity index (χ3n) is 2.19. The molecule has 0 saturated heterocycles. The van der Waals surface area contributed by atoms with E-state index in [1.807, 2.05) is 6.92 Å². The zero-order valence-electron chi connectivity index (χ0n) is 10.0. The van der Waals surface area contributed by atoms with Crippen LogP contribution in [0, 0.1) is 21.4 Å². The lowest BCUT2D eigenvalue weighted by molar-refractivity contribution is -0.385. The first-order valence-corrected chi connectivity index (χ1v) is 6.97. The highest BCUT2D eigenvalue weighted by Crippen LogP contribution is 2.37. The molecule has 1 aromatic rings. The standard InChI is InChI=1S/C11H11Br2N3O3/c1-2-15-7(5-14)6-19-11-9(12)3-8(16(17)18)4-10(11)13/h3-4,7,15H,2,6H2,1H3. The van der Waals surface area contributed by atoms with E-state index < -0.39 is 11.0 Å². The Morgan fingerprint density at radius 2 is 2.11 bits per heavy atom. The fourth-order valence-electron chi connectivity index (χ4n) is 1.34. The van der Waals surface area contributed by atoms with E-state index in [9.17, 15) is 10.1 Å². The molecule has 1 N–H and O–H groups in total. The monoisotopic (exact) mass is 391 g/mol. The SMILES string of the molecule is CCNC(C#N)COc1c(Br)cc([N+](=O)[O-])cc1Br. The Labute approximate surface area is 127 Å². The van der Waals surface area contributed by atoms with E-state index >= 15 is 0 Å². The van der Waals surface area contributed by atoms with Crippen LogP contribution in [-0.4, -0.2) is 24.1 Å². The summed E-state index contributed by atoms with van der Waals surface area (Å²) in [5.41, 5.74) is -0.0467. The number of rotatable bonds is 6. The molecule has 0 spiro atoms. The minimum Gasteiger partial charge on any atom is -0.488 e. The second-order valence-electron chi connectivity index (χ2n) is 3.55. The van der Waals surface area contributed by atoms with E-state index in [0.29, 0.717) is 21.2 Å². The van der Waals surface area contributed by atoms with Crippen molar-refractivity contribution in [2.75, 3.05) is 13.2 Å².